The lowest BCUT2D eigenvalue weighted by atomic mass is 9.81. The molecule has 0 fully saturated rings. The van der Waals surface area contributed by atoms with Crippen LogP contribution in [0.5, 0.6) is 0 Å². The number of amides is 1. The number of rotatable bonds is 5. The molecule has 0 aromatic heterocycles. The predicted molar refractivity (Wildman–Crippen MR) is 85.0 cm³/mol. The van der Waals surface area contributed by atoms with Gasteiger partial charge in [-0.3, -0.25) is 0 Å². The van der Waals surface area contributed by atoms with E-state index in [1.165, 1.54) is 0 Å². The molecule has 0 aliphatic rings. The third kappa shape index (κ3) is 11.1. The molecule has 0 aromatic rings. The van der Waals surface area contributed by atoms with Crippen LogP contribution >= 0.6 is 0 Å². The van der Waals surface area contributed by atoms with Crippen LogP contribution in [0.2, 0.25) is 0 Å². The van der Waals surface area contributed by atoms with Crippen molar-refractivity contribution in [2.24, 2.45) is 5.41 Å². The highest BCUT2D eigenvalue weighted by molar-refractivity contribution is 5.67. The zero-order valence-electron chi connectivity index (χ0n) is 14.8. The van der Waals surface area contributed by atoms with Crippen LogP contribution < -0.4 is 10.6 Å². The van der Waals surface area contributed by atoms with Gasteiger partial charge in [0.05, 0.1) is 0 Å². The molecule has 4 heteroatoms. The maximum atomic E-state index is 11.6. The second-order valence-corrected chi connectivity index (χ2v) is 8.55. The van der Waals surface area contributed by atoms with E-state index in [4.69, 9.17) is 4.74 Å². The number of nitrogens with one attached hydrogen (secondary N) is 2. The molecule has 1 unspecified atom stereocenters. The molecule has 0 bridgehead atoms. The number of carbonyl (C=O) groups excluding carboxylic acids is 1. The van der Waals surface area contributed by atoms with Crippen molar-refractivity contribution >= 4 is 6.09 Å². The summed E-state index contributed by atoms with van der Waals surface area (Å²) in [6.45, 7) is 19.3. The van der Waals surface area contributed by atoms with Gasteiger partial charge in [0, 0.05) is 18.1 Å². The fraction of sp³-hybridized carbons (Fsp3) is 0.938. The Bertz CT molecular complexity index is 311. The lowest BCUT2D eigenvalue weighted by Gasteiger charge is -2.36. The van der Waals surface area contributed by atoms with E-state index in [9.17, 15) is 4.79 Å². The highest BCUT2D eigenvalue weighted by Gasteiger charge is 2.26. The van der Waals surface area contributed by atoms with Crippen molar-refractivity contribution in [1.82, 2.24) is 10.6 Å². The van der Waals surface area contributed by atoms with Gasteiger partial charge >= 0.3 is 6.09 Å². The van der Waals surface area contributed by atoms with Gasteiger partial charge in [-0.25, -0.2) is 4.79 Å². The van der Waals surface area contributed by atoms with E-state index in [1.54, 1.807) is 0 Å². The standard InChI is InChI=1S/C16H34N2O2/c1-12(10-17-13(19)20-15(5,6)7)18-16(8,9)11-14(2,3)4/h12,18H,10-11H2,1-9H3,(H,17,19). The lowest BCUT2D eigenvalue weighted by molar-refractivity contribution is 0.0520. The number of alkyl carbamates (subject to hydrolysis) is 1. The summed E-state index contributed by atoms with van der Waals surface area (Å²) in [4.78, 5) is 11.6. The van der Waals surface area contributed by atoms with Gasteiger partial charge in [0.2, 0.25) is 0 Å². The van der Waals surface area contributed by atoms with Crippen molar-refractivity contribution in [3.8, 4) is 0 Å². The first-order valence-corrected chi connectivity index (χ1v) is 7.45. The van der Waals surface area contributed by atoms with Crippen molar-refractivity contribution < 1.29 is 9.53 Å². The minimum atomic E-state index is -0.452. The van der Waals surface area contributed by atoms with Gasteiger partial charge in [-0.15, -0.1) is 0 Å². The Morgan fingerprint density at radius 1 is 1.05 bits per heavy atom. The summed E-state index contributed by atoms with van der Waals surface area (Å²) in [7, 11) is 0. The Kier molecular flexibility index (Phi) is 6.53. The first kappa shape index (κ1) is 19.2. The first-order valence-electron chi connectivity index (χ1n) is 7.45. The summed E-state index contributed by atoms with van der Waals surface area (Å²) >= 11 is 0. The average Bonchev–Trinajstić information content (AvgIpc) is 2.06. The van der Waals surface area contributed by atoms with Crippen LogP contribution in [0.4, 0.5) is 4.79 Å². The smallest absolute Gasteiger partial charge is 0.407 e. The second-order valence-electron chi connectivity index (χ2n) is 8.55. The van der Waals surface area contributed by atoms with Crippen molar-refractivity contribution in [3.05, 3.63) is 0 Å². The van der Waals surface area contributed by atoms with Crippen LogP contribution in [-0.4, -0.2) is 29.8 Å². The molecule has 0 heterocycles. The van der Waals surface area contributed by atoms with Gasteiger partial charge < -0.3 is 15.4 Å². The zero-order valence-corrected chi connectivity index (χ0v) is 14.8. The third-order valence-corrected chi connectivity index (χ3v) is 2.56. The maximum Gasteiger partial charge on any atom is 0.407 e. The minimum absolute atomic E-state index is 0.0350. The molecule has 0 aliphatic heterocycles. The van der Waals surface area contributed by atoms with Gasteiger partial charge in [0.1, 0.15) is 5.60 Å². The number of hydrogen-bond donors (Lipinski definition) is 2. The largest absolute Gasteiger partial charge is 0.444 e. The number of hydrogen-bond acceptors (Lipinski definition) is 3. The van der Waals surface area contributed by atoms with Gasteiger partial charge in [0.15, 0.2) is 0 Å². The third-order valence-electron chi connectivity index (χ3n) is 2.56. The summed E-state index contributed by atoms with van der Waals surface area (Å²) in [5.41, 5.74) is -0.144. The monoisotopic (exact) mass is 286 g/mol. The SMILES string of the molecule is CC(CNC(=O)OC(C)(C)C)NC(C)(C)CC(C)(C)C. The Hall–Kier alpha value is -0.770. The average molecular weight is 286 g/mol. The van der Waals surface area contributed by atoms with Crippen LogP contribution in [0, 0.1) is 5.41 Å². The fourth-order valence-electron chi connectivity index (χ4n) is 2.65. The van der Waals surface area contributed by atoms with Crippen LogP contribution in [0.15, 0.2) is 0 Å². The zero-order chi connectivity index (χ0) is 16.2. The molecule has 1 amide bonds. The van der Waals surface area contributed by atoms with Crippen molar-refractivity contribution in [2.75, 3.05) is 6.54 Å². The molecule has 120 valence electrons. The Morgan fingerprint density at radius 2 is 1.55 bits per heavy atom. The van der Waals surface area contributed by atoms with Gasteiger partial charge in [-0.1, -0.05) is 20.8 Å². The summed E-state index contributed by atoms with van der Waals surface area (Å²) in [6, 6.07) is 0.194. The van der Waals surface area contributed by atoms with Crippen LogP contribution in [0.3, 0.4) is 0 Å². The van der Waals surface area contributed by atoms with E-state index >= 15 is 0 Å². The summed E-state index contributed by atoms with van der Waals surface area (Å²) < 4.78 is 5.22. The molecule has 0 saturated heterocycles. The fourth-order valence-corrected chi connectivity index (χ4v) is 2.65. The first-order chi connectivity index (χ1) is 8.70. The molecule has 4 nitrogen and oxygen atoms in total. The quantitative estimate of drug-likeness (QED) is 0.810. The molecule has 0 spiro atoms. The highest BCUT2D eigenvalue weighted by atomic mass is 16.6. The van der Waals surface area contributed by atoms with Crippen LogP contribution in [0.25, 0.3) is 0 Å². The van der Waals surface area contributed by atoms with Crippen molar-refractivity contribution in [2.45, 2.75) is 85.9 Å². The highest BCUT2D eigenvalue weighted by Crippen LogP contribution is 2.27. The van der Waals surface area contributed by atoms with Gasteiger partial charge in [-0.2, -0.15) is 0 Å². The molecule has 20 heavy (non-hydrogen) atoms. The molecular formula is C16H34N2O2. The van der Waals surface area contributed by atoms with Crippen LogP contribution in [-0.2, 0) is 4.74 Å². The molecule has 1 atom stereocenters. The van der Waals surface area contributed by atoms with E-state index < -0.39 is 5.60 Å². The number of carbonyl (C=O) groups is 1. The van der Waals surface area contributed by atoms with Gasteiger partial charge in [-0.05, 0) is 53.4 Å². The molecular weight excluding hydrogens is 252 g/mol. The Morgan fingerprint density at radius 3 is 1.95 bits per heavy atom. The van der Waals surface area contributed by atoms with Crippen molar-refractivity contribution in [3.63, 3.8) is 0 Å². The minimum Gasteiger partial charge on any atom is -0.444 e. The van der Waals surface area contributed by atoms with E-state index in [0.717, 1.165) is 6.42 Å². The predicted octanol–water partition coefficient (Wildman–Crippen LogP) is 3.70. The Balaban J connectivity index is 4.17. The topological polar surface area (TPSA) is 50.4 Å². The second kappa shape index (κ2) is 6.79. The summed E-state index contributed by atoms with van der Waals surface area (Å²) in [5.74, 6) is 0. The number of ether oxygens (including phenoxy) is 1. The summed E-state index contributed by atoms with van der Waals surface area (Å²) in [5, 5.41) is 6.36. The van der Waals surface area contributed by atoms with E-state index in [-0.39, 0.29) is 23.1 Å². The van der Waals surface area contributed by atoms with E-state index in [1.807, 2.05) is 20.8 Å². The molecule has 0 saturated carbocycles. The molecule has 0 aromatic carbocycles. The van der Waals surface area contributed by atoms with E-state index in [0.29, 0.717) is 6.54 Å². The van der Waals surface area contributed by atoms with Gasteiger partial charge in [0.25, 0.3) is 0 Å². The molecule has 0 radical (unpaired) electrons. The molecule has 0 aliphatic carbocycles. The summed E-state index contributed by atoms with van der Waals surface area (Å²) in [6.07, 6.45) is 0.705. The van der Waals surface area contributed by atoms with Crippen molar-refractivity contribution in [1.29, 1.82) is 0 Å². The van der Waals surface area contributed by atoms with Crippen LogP contribution in [0.1, 0.15) is 68.7 Å². The molecule has 0 rings (SSSR count). The maximum absolute atomic E-state index is 11.6. The molecule has 2 N–H and O–H groups in total. The normalized spacial score (nSPS) is 14.8. The lowest BCUT2D eigenvalue weighted by Crippen LogP contribution is -2.51. The van der Waals surface area contributed by atoms with E-state index in [2.05, 4.69) is 52.2 Å². The Labute approximate surface area is 125 Å².